The van der Waals surface area contributed by atoms with E-state index in [4.69, 9.17) is 0 Å². The molecule has 0 radical (unpaired) electrons. The number of amides is 2. The molecule has 4 rings (SSSR count). The van der Waals surface area contributed by atoms with E-state index >= 15 is 0 Å². The molecule has 2 aromatic heterocycles. The molecule has 0 unspecified atom stereocenters. The molecule has 0 aliphatic heterocycles. The molecular weight excluding hydrogens is 338 g/mol. The van der Waals surface area contributed by atoms with E-state index in [9.17, 15) is 4.79 Å². The number of urea groups is 1. The zero-order valence-corrected chi connectivity index (χ0v) is 15.1. The van der Waals surface area contributed by atoms with Crippen LogP contribution in [-0.4, -0.2) is 20.8 Å². The average molecular weight is 361 g/mol. The predicted molar refractivity (Wildman–Crippen MR) is 105 cm³/mol. The van der Waals surface area contributed by atoms with Gasteiger partial charge in [0.2, 0.25) is 0 Å². The lowest BCUT2D eigenvalue weighted by Crippen LogP contribution is -2.36. The van der Waals surface area contributed by atoms with Crippen molar-refractivity contribution in [2.75, 3.05) is 5.32 Å². The third kappa shape index (κ3) is 4.16. The van der Waals surface area contributed by atoms with Crippen molar-refractivity contribution in [1.82, 2.24) is 20.1 Å². The van der Waals surface area contributed by atoms with Crippen molar-refractivity contribution >= 4 is 11.7 Å². The summed E-state index contributed by atoms with van der Waals surface area (Å²) < 4.78 is 1.68. The standard InChI is InChI=1S/C21H23N5O/c27-21(24-18-11-12-19(22-15-18)26-14-6-13-23-26)25-20(17-9-4-5-10-17)16-7-2-1-3-8-16/h1-3,6-8,11-15,17,20H,4-5,9-10H2,(H2,24,25,27)/t20-/m1/s1. The Morgan fingerprint density at radius 3 is 2.56 bits per heavy atom. The van der Waals surface area contributed by atoms with E-state index in [0.717, 1.165) is 18.4 Å². The smallest absolute Gasteiger partial charge is 0.319 e. The van der Waals surface area contributed by atoms with Gasteiger partial charge in [-0.25, -0.2) is 14.5 Å². The molecule has 0 bridgehead atoms. The highest BCUT2D eigenvalue weighted by atomic mass is 16.2. The van der Waals surface area contributed by atoms with E-state index in [1.165, 1.54) is 12.8 Å². The van der Waals surface area contributed by atoms with Gasteiger partial charge < -0.3 is 10.6 Å². The maximum absolute atomic E-state index is 12.6. The second-order valence-corrected chi connectivity index (χ2v) is 6.89. The van der Waals surface area contributed by atoms with Gasteiger partial charge in [-0.1, -0.05) is 43.2 Å². The van der Waals surface area contributed by atoms with Gasteiger partial charge in [-0.15, -0.1) is 0 Å². The number of aromatic nitrogens is 3. The summed E-state index contributed by atoms with van der Waals surface area (Å²) in [7, 11) is 0. The van der Waals surface area contributed by atoms with E-state index in [-0.39, 0.29) is 12.1 Å². The number of nitrogens with one attached hydrogen (secondary N) is 2. The number of pyridine rings is 1. The lowest BCUT2D eigenvalue weighted by molar-refractivity contribution is 0.242. The SMILES string of the molecule is O=C(Nc1ccc(-n2cccn2)nc1)N[C@H](c1ccccc1)C1CCCC1. The summed E-state index contributed by atoms with van der Waals surface area (Å²) in [5, 5.41) is 10.2. The summed E-state index contributed by atoms with van der Waals surface area (Å²) in [5.74, 6) is 1.19. The second kappa shape index (κ2) is 8.03. The maximum atomic E-state index is 12.6. The molecule has 2 heterocycles. The van der Waals surface area contributed by atoms with E-state index < -0.39 is 0 Å². The third-order valence-electron chi connectivity index (χ3n) is 5.06. The maximum Gasteiger partial charge on any atom is 0.319 e. The lowest BCUT2D eigenvalue weighted by atomic mass is 9.92. The lowest BCUT2D eigenvalue weighted by Gasteiger charge is -2.25. The predicted octanol–water partition coefficient (Wildman–Crippen LogP) is 4.32. The van der Waals surface area contributed by atoms with Gasteiger partial charge in [-0.3, -0.25) is 0 Å². The molecular formula is C21H23N5O. The van der Waals surface area contributed by atoms with Crippen LogP contribution in [0.15, 0.2) is 67.1 Å². The minimum atomic E-state index is -0.204. The summed E-state index contributed by atoms with van der Waals surface area (Å²) in [4.78, 5) is 16.9. The second-order valence-electron chi connectivity index (χ2n) is 6.89. The highest BCUT2D eigenvalue weighted by Crippen LogP contribution is 2.35. The van der Waals surface area contributed by atoms with Crippen molar-refractivity contribution in [3.63, 3.8) is 0 Å². The number of rotatable bonds is 5. The topological polar surface area (TPSA) is 71.8 Å². The van der Waals surface area contributed by atoms with E-state index in [0.29, 0.717) is 17.4 Å². The first kappa shape index (κ1) is 17.3. The van der Waals surface area contributed by atoms with Gasteiger partial charge >= 0.3 is 6.03 Å². The molecule has 1 saturated carbocycles. The van der Waals surface area contributed by atoms with Crippen LogP contribution >= 0.6 is 0 Å². The number of hydrogen-bond donors (Lipinski definition) is 2. The molecule has 27 heavy (non-hydrogen) atoms. The van der Waals surface area contributed by atoms with Crippen LogP contribution in [0.3, 0.4) is 0 Å². The Kier molecular flexibility index (Phi) is 5.14. The van der Waals surface area contributed by atoms with Crippen molar-refractivity contribution in [3.05, 3.63) is 72.7 Å². The molecule has 1 aromatic carbocycles. The molecule has 3 aromatic rings. The Morgan fingerprint density at radius 2 is 1.89 bits per heavy atom. The highest BCUT2D eigenvalue weighted by Gasteiger charge is 2.27. The molecule has 2 N–H and O–H groups in total. The number of carbonyl (C=O) groups is 1. The van der Waals surface area contributed by atoms with Crippen LogP contribution in [0, 0.1) is 5.92 Å². The van der Waals surface area contributed by atoms with Gasteiger partial charge in [0, 0.05) is 12.4 Å². The van der Waals surface area contributed by atoms with Crippen molar-refractivity contribution in [2.45, 2.75) is 31.7 Å². The molecule has 1 fully saturated rings. The first-order valence-electron chi connectivity index (χ1n) is 9.38. The minimum absolute atomic E-state index is 0.0324. The minimum Gasteiger partial charge on any atom is -0.331 e. The highest BCUT2D eigenvalue weighted by molar-refractivity contribution is 5.89. The molecule has 6 nitrogen and oxygen atoms in total. The van der Waals surface area contributed by atoms with Crippen LogP contribution < -0.4 is 10.6 Å². The Hall–Kier alpha value is -3.15. The Balaban J connectivity index is 1.43. The van der Waals surface area contributed by atoms with Gasteiger partial charge in [0.25, 0.3) is 0 Å². The number of nitrogens with zero attached hydrogens (tertiary/aromatic N) is 3. The van der Waals surface area contributed by atoms with Crippen LogP contribution in [0.4, 0.5) is 10.5 Å². The first-order valence-corrected chi connectivity index (χ1v) is 9.38. The number of anilines is 1. The van der Waals surface area contributed by atoms with Gasteiger partial charge in [-0.2, -0.15) is 5.10 Å². The molecule has 6 heteroatoms. The summed E-state index contributed by atoms with van der Waals surface area (Å²) in [5.41, 5.74) is 1.81. The van der Waals surface area contributed by atoms with Gasteiger partial charge in [-0.05, 0) is 42.5 Å². The van der Waals surface area contributed by atoms with Crippen LogP contribution in [0.2, 0.25) is 0 Å². The number of benzene rings is 1. The summed E-state index contributed by atoms with van der Waals surface area (Å²) in [6, 6.07) is 15.5. The van der Waals surface area contributed by atoms with Gasteiger partial charge in [0.05, 0.1) is 17.9 Å². The fourth-order valence-corrected chi connectivity index (χ4v) is 3.73. The monoisotopic (exact) mass is 361 g/mol. The largest absolute Gasteiger partial charge is 0.331 e. The van der Waals surface area contributed by atoms with E-state index in [1.807, 2.05) is 42.6 Å². The zero-order chi connectivity index (χ0) is 18.5. The van der Waals surface area contributed by atoms with Crippen LogP contribution in [0.1, 0.15) is 37.3 Å². The molecule has 1 aliphatic rings. The molecule has 1 atom stereocenters. The third-order valence-corrected chi connectivity index (χ3v) is 5.06. The summed E-state index contributed by atoms with van der Waals surface area (Å²) in [6.07, 6.45) is 9.94. The van der Waals surface area contributed by atoms with Crippen LogP contribution in [0.5, 0.6) is 0 Å². The normalized spacial score (nSPS) is 15.4. The van der Waals surface area contributed by atoms with Crippen molar-refractivity contribution < 1.29 is 4.79 Å². The van der Waals surface area contributed by atoms with E-state index in [1.54, 1.807) is 17.1 Å². The Bertz CT molecular complexity index is 855. The van der Waals surface area contributed by atoms with Crippen molar-refractivity contribution in [2.24, 2.45) is 5.92 Å². The first-order chi connectivity index (χ1) is 13.3. The molecule has 138 valence electrons. The van der Waals surface area contributed by atoms with Crippen molar-refractivity contribution in [3.8, 4) is 5.82 Å². The fourth-order valence-electron chi connectivity index (χ4n) is 3.73. The Labute approximate surface area is 158 Å². The van der Waals surface area contributed by atoms with E-state index in [2.05, 4.69) is 32.8 Å². The van der Waals surface area contributed by atoms with Crippen LogP contribution in [-0.2, 0) is 0 Å². The number of hydrogen-bond acceptors (Lipinski definition) is 3. The molecule has 1 aliphatic carbocycles. The quantitative estimate of drug-likeness (QED) is 0.711. The molecule has 2 amide bonds. The zero-order valence-electron chi connectivity index (χ0n) is 15.1. The van der Waals surface area contributed by atoms with Crippen LogP contribution in [0.25, 0.3) is 5.82 Å². The fraction of sp³-hybridized carbons (Fsp3) is 0.286. The molecule has 0 saturated heterocycles. The number of carbonyl (C=O) groups excluding carboxylic acids is 1. The summed E-state index contributed by atoms with van der Waals surface area (Å²) in [6.45, 7) is 0. The average Bonchev–Trinajstić information content (AvgIpc) is 3.41. The van der Waals surface area contributed by atoms with Crippen molar-refractivity contribution in [1.29, 1.82) is 0 Å². The Morgan fingerprint density at radius 1 is 1.07 bits per heavy atom. The van der Waals surface area contributed by atoms with Gasteiger partial charge in [0.15, 0.2) is 5.82 Å². The van der Waals surface area contributed by atoms with Gasteiger partial charge in [0.1, 0.15) is 0 Å². The molecule has 0 spiro atoms. The summed E-state index contributed by atoms with van der Waals surface area (Å²) >= 11 is 0.